The number of aromatic nitrogens is 4. The van der Waals surface area contributed by atoms with Gasteiger partial charge in [-0.05, 0) is 24.6 Å². The van der Waals surface area contributed by atoms with E-state index < -0.39 is 0 Å². The maximum Gasteiger partial charge on any atom is 0.250 e. The number of anilines is 1. The second kappa shape index (κ2) is 8.05. The number of nitrogens with one attached hydrogen (secondary N) is 1. The van der Waals surface area contributed by atoms with Crippen LogP contribution >= 0.6 is 0 Å². The first-order valence-corrected chi connectivity index (χ1v) is 8.03. The zero-order valence-corrected chi connectivity index (χ0v) is 13.9. The quantitative estimate of drug-likeness (QED) is 0.717. The fraction of sp³-hybridized carbons (Fsp3) is 0.222. The van der Waals surface area contributed by atoms with Crippen LogP contribution < -0.4 is 10.1 Å². The van der Waals surface area contributed by atoms with Crippen molar-refractivity contribution >= 4 is 11.6 Å². The Morgan fingerprint density at radius 2 is 1.96 bits per heavy atom. The van der Waals surface area contributed by atoms with Gasteiger partial charge in [-0.1, -0.05) is 25.1 Å². The molecule has 0 spiro atoms. The highest BCUT2D eigenvalue weighted by atomic mass is 16.5. The maximum absolute atomic E-state index is 12.3. The van der Waals surface area contributed by atoms with E-state index in [0.717, 1.165) is 5.75 Å². The number of para-hydroxylation sites is 1. The van der Waals surface area contributed by atoms with Crippen LogP contribution in [0.3, 0.4) is 0 Å². The molecule has 1 amide bonds. The van der Waals surface area contributed by atoms with Gasteiger partial charge in [0.15, 0.2) is 0 Å². The van der Waals surface area contributed by atoms with Crippen LogP contribution in [-0.2, 0) is 4.79 Å². The third kappa shape index (κ3) is 4.63. The van der Waals surface area contributed by atoms with Gasteiger partial charge in [0.2, 0.25) is 11.9 Å². The molecule has 2 aromatic heterocycles. The lowest BCUT2D eigenvalue weighted by atomic mass is 10.1. The molecule has 7 nitrogen and oxygen atoms in total. The molecule has 1 atom stereocenters. The summed E-state index contributed by atoms with van der Waals surface area (Å²) in [5, 5.41) is 7.00. The number of benzene rings is 1. The van der Waals surface area contributed by atoms with Crippen molar-refractivity contribution in [3.63, 3.8) is 0 Å². The number of amides is 1. The van der Waals surface area contributed by atoms with Crippen molar-refractivity contribution in [3.8, 4) is 11.7 Å². The molecule has 1 aromatic carbocycles. The Hall–Kier alpha value is -3.22. The number of hydrogen-bond donors (Lipinski definition) is 1. The maximum atomic E-state index is 12.3. The molecule has 0 aliphatic rings. The van der Waals surface area contributed by atoms with Crippen molar-refractivity contribution in [1.29, 1.82) is 0 Å². The van der Waals surface area contributed by atoms with Crippen LogP contribution in [0, 0.1) is 5.92 Å². The van der Waals surface area contributed by atoms with Gasteiger partial charge < -0.3 is 10.1 Å². The monoisotopic (exact) mass is 337 g/mol. The van der Waals surface area contributed by atoms with Crippen molar-refractivity contribution < 1.29 is 9.53 Å². The normalized spacial score (nSPS) is 11.7. The van der Waals surface area contributed by atoms with Crippen molar-refractivity contribution in [1.82, 2.24) is 19.7 Å². The summed E-state index contributed by atoms with van der Waals surface area (Å²) in [6.07, 6.45) is 7.15. The van der Waals surface area contributed by atoms with Crippen molar-refractivity contribution in [3.05, 3.63) is 61.2 Å². The predicted molar refractivity (Wildman–Crippen MR) is 93.5 cm³/mol. The molecule has 0 bridgehead atoms. The van der Waals surface area contributed by atoms with Crippen LogP contribution in [0.15, 0.2) is 61.2 Å². The van der Waals surface area contributed by atoms with Crippen LogP contribution in [0.5, 0.6) is 5.75 Å². The van der Waals surface area contributed by atoms with Crippen molar-refractivity contribution in [2.45, 2.75) is 13.3 Å². The zero-order valence-electron chi connectivity index (χ0n) is 13.9. The number of carbonyl (C=O) groups is 1. The lowest BCUT2D eigenvalue weighted by Gasteiger charge is -2.12. The minimum Gasteiger partial charge on any atom is -0.494 e. The van der Waals surface area contributed by atoms with Crippen LogP contribution in [0.2, 0.25) is 0 Å². The van der Waals surface area contributed by atoms with Gasteiger partial charge in [0.05, 0.1) is 24.7 Å². The summed E-state index contributed by atoms with van der Waals surface area (Å²) in [5.41, 5.74) is 0.605. The Labute approximate surface area is 145 Å². The SMILES string of the molecule is C[C@H](CCOc1ccccc1)C(=O)Nc1cnn(-c2ncccn2)c1. The third-order valence-corrected chi connectivity index (χ3v) is 3.62. The van der Waals surface area contributed by atoms with Crippen LogP contribution in [0.1, 0.15) is 13.3 Å². The Kier molecular flexibility index (Phi) is 5.36. The smallest absolute Gasteiger partial charge is 0.250 e. The van der Waals surface area contributed by atoms with Gasteiger partial charge in [-0.2, -0.15) is 5.10 Å². The van der Waals surface area contributed by atoms with Crippen molar-refractivity contribution in [2.24, 2.45) is 5.92 Å². The highest BCUT2D eigenvalue weighted by molar-refractivity contribution is 5.92. The molecule has 3 rings (SSSR count). The summed E-state index contributed by atoms with van der Waals surface area (Å²) < 4.78 is 7.14. The molecule has 0 fully saturated rings. The molecule has 0 unspecified atom stereocenters. The molecule has 0 aliphatic carbocycles. The minimum absolute atomic E-state index is 0.0785. The van der Waals surface area contributed by atoms with Gasteiger partial charge in [0.1, 0.15) is 5.75 Å². The predicted octanol–water partition coefficient (Wildman–Crippen LogP) is 2.71. The van der Waals surface area contributed by atoms with Crippen LogP contribution in [0.25, 0.3) is 5.95 Å². The number of hydrogen-bond acceptors (Lipinski definition) is 5. The highest BCUT2D eigenvalue weighted by Crippen LogP contribution is 2.13. The summed E-state index contributed by atoms with van der Waals surface area (Å²) in [4.78, 5) is 20.5. The van der Waals surface area contributed by atoms with Gasteiger partial charge in [-0.25, -0.2) is 14.6 Å². The fourth-order valence-electron chi connectivity index (χ4n) is 2.17. The largest absolute Gasteiger partial charge is 0.494 e. The summed E-state index contributed by atoms with van der Waals surface area (Å²) in [6, 6.07) is 11.3. The molecule has 1 N–H and O–H groups in total. The van der Waals surface area contributed by atoms with E-state index in [1.165, 1.54) is 4.68 Å². The van der Waals surface area contributed by atoms with E-state index in [2.05, 4.69) is 20.4 Å². The van der Waals surface area contributed by atoms with E-state index in [1.807, 2.05) is 37.3 Å². The topological polar surface area (TPSA) is 81.9 Å². The lowest BCUT2D eigenvalue weighted by molar-refractivity contribution is -0.119. The van der Waals surface area contributed by atoms with Crippen molar-refractivity contribution in [2.75, 3.05) is 11.9 Å². The lowest BCUT2D eigenvalue weighted by Crippen LogP contribution is -2.22. The molecular formula is C18H19N5O2. The van der Waals surface area contributed by atoms with Gasteiger partial charge in [-0.3, -0.25) is 4.79 Å². The second-order valence-electron chi connectivity index (χ2n) is 5.56. The fourth-order valence-corrected chi connectivity index (χ4v) is 2.17. The molecule has 0 radical (unpaired) electrons. The molecule has 3 aromatic rings. The van der Waals surface area contributed by atoms with Gasteiger partial charge in [-0.15, -0.1) is 0 Å². The molecule has 0 saturated carbocycles. The Bertz CT molecular complexity index is 805. The molecule has 0 aliphatic heterocycles. The summed E-state index contributed by atoms with van der Waals surface area (Å²) >= 11 is 0. The Morgan fingerprint density at radius 3 is 2.72 bits per heavy atom. The average Bonchev–Trinajstić information content (AvgIpc) is 3.12. The van der Waals surface area contributed by atoms with E-state index in [9.17, 15) is 4.79 Å². The van der Waals surface area contributed by atoms with Gasteiger partial charge in [0, 0.05) is 18.3 Å². The highest BCUT2D eigenvalue weighted by Gasteiger charge is 2.14. The third-order valence-electron chi connectivity index (χ3n) is 3.62. The molecule has 2 heterocycles. The van der Waals surface area contributed by atoms with Gasteiger partial charge >= 0.3 is 0 Å². The first-order chi connectivity index (χ1) is 12.2. The summed E-state index contributed by atoms with van der Waals surface area (Å²) in [7, 11) is 0. The summed E-state index contributed by atoms with van der Waals surface area (Å²) in [6.45, 7) is 2.35. The number of ether oxygens (including phenoxy) is 1. The Morgan fingerprint density at radius 1 is 1.20 bits per heavy atom. The molecule has 128 valence electrons. The summed E-state index contributed by atoms with van der Waals surface area (Å²) in [5.74, 6) is 0.997. The van der Waals surface area contributed by atoms with Crippen LogP contribution in [0.4, 0.5) is 5.69 Å². The first kappa shape index (κ1) is 16.6. The van der Waals surface area contributed by atoms with E-state index in [0.29, 0.717) is 24.7 Å². The number of nitrogens with zero attached hydrogens (tertiary/aromatic N) is 4. The number of carbonyl (C=O) groups excluding carboxylic acids is 1. The zero-order chi connectivity index (χ0) is 17.5. The first-order valence-electron chi connectivity index (χ1n) is 8.03. The minimum atomic E-state index is -0.181. The molecule has 7 heteroatoms. The van der Waals surface area contributed by atoms with E-state index >= 15 is 0 Å². The average molecular weight is 337 g/mol. The van der Waals surface area contributed by atoms with Gasteiger partial charge in [0.25, 0.3) is 0 Å². The Balaban J connectivity index is 1.49. The van der Waals surface area contributed by atoms with Crippen LogP contribution in [-0.4, -0.2) is 32.3 Å². The standard InChI is InChI=1S/C18H19N5O2/c1-14(8-11-25-16-6-3-2-4-7-16)17(24)22-15-12-21-23(13-15)18-19-9-5-10-20-18/h2-7,9-10,12-14H,8,11H2,1H3,(H,22,24)/t14-/m1/s1. The molecule has 0 saturated heterocycles. The number of rotatable bonds is 7. The molecular weight excluding hydrogens is 318 g/mol. The second-order valence-corrected chi connectivity index (χ2v) is 5.56. The molecule has 25 heavy (non-hydrogen) atoms. The van der Waals surface area contributed by atoms with E-state index in [1.54, 1.807) is 30.9 Å². The van der Waals surface area contributed by atoms with E-state index in [-0.39, 0.29) is 11.8 Å². The van der Waals surface area contributed by atoms with E-state index in [4.69, 9.17) is 4.74 Å².